The molecule has 0 saturated carbocycles. The summed E-state index contributed by atoms with van der Waals surface area (Å²) in [5.41, 5.74) is 2.21. The van der Waals surface area contributed by atoms with Gasteiger partial charge in [-0.1, -0.05) is 17.7 Å². The predicted octanol–water partition coefficient (Wildman–Crippen LogP) is 2.04. The van der Waals surface area contributed by atoms with Crippen molar-refractivity contribution in [3.05, 3.63) is 41.9 Å². The van der Waals surface area contributed by atoms with E-state index in [9.17, 15) is 0 Å². The molecule has 98 valence electrons. The molecule has 0 amide bonds. The third-order valence-electron chi connectivity index (χ3n) is 3.35. The molecule has 2 heterocycles. The standard InChI is InChI=1S/C14H17N5/c1-12-4-6-13(7-5-12)19-14(15-16-17-19)8-11-18-9-2-3-10-18/h4-8,11H,2-3,9-10H2,1H3. The molecule has 2 aromatic rings. The van der Waals surface area contributed by atoms with Crippen molar-refractivity contribution >= 4 is 6.08 Å². The Morgan fingerprint density at radius 1 is 1.11 bits per heavy atom. The van der Waals surface area contributed by atoms with Crippen LogP contribution in [0.3, 0.4) is 0 Å². The summed E-state index contributed by atoms with van der Waals surface area (Å²) in [6.45, 7) is 4.32. The number of likely N-dealkylation sites (tertiary alicyclic amines) is 1. The third-order valence-corrected chi connectivity index (χ3v) is 3.35. The molecule has 0 spiro atoms. The summed E-state index contributed by atoms with van der Waals surface area (Å²) in [5, 5.41) is 11.9. The van der Waals surface area contributed by atoms with Crippen molar-refractivity contribution in [3.8, 4) is 5.69 Å². The Morgan fingerprint density at radius 3 is 2.58 bits per heavy atom. The number of hydrogen-bond donors (Lipinski definition) is 0. The zero-order valence-corrected chi connectivity index (χ0v) is 11.0. The van der Waals surface area contributed by atoms with E-state index in [1.807, 2.05) is 18.2 Å². The summed E-state index contributed by atoms with van der Waals surface area (Å²) in [4.78, 5) is 2.30. The van der Waals surface area contributed by atoms with Gasteiger partial charge in [0.15, 0.2) is 5.82 Å². The highest BCUT2D eigenvalue weighted by atomic mass is 15.5. The summed E-state index contributed by atoms with van der Waals surface area (Å²) in [6.07, 6.45) is 6.61. The normalized spacial score (nSPS) is 15.5. The fourth-order valence-corrected chi connectivity index (χ4v) is 2.23. The maximum Gasteiger partial charge on any atom is 0.181 e. The smallest absolute Gasteiger partial charge is 0.181 e. The summed E-state index contributed by atoms with van der Waals surface area (Å²) in [7, 11) is 0. The van der Waals surface area contributed by atoms with Crippen LogP contribution in [0.5, 0.6) is 0 Å². The maximum atomic E-state index is 4.06. The van der Waals surface area contributed by atoms with Gasteiger partial charge >= 0.3 is 0 Å². The van der Waals surface area contributed by atoms with Crippen molar-refractivity contribution in [2.75, 3.05) is 13.1 Å². The topological polar surface area (TPSA) is 46.8 Å². The van der Waals surface area contributed by atoms with E-state index in [-0.39, 0.29) is 0 Å². The molecule has 19 heavy (non-hydrogen) atoms. The quantitative estimate of drug-likeness (QED) is 0.842. The second-order valence-corrected chi connectivity index (χ2v) is 4.84. The maximum absolute atomic E-state index is 4.06. The molecule has 1 aliphatic heterocycles. The first-order chi connectivity index (χ1) is 9.33. The molecule has 1 saturated heterocycles. The summed E-state index contributed by atoms with van der Waals surface area (Å²) in [5.74, 6) is 0.760. The second-order valence-electron chi connectivity index (χ2n) is 4.84. The van der Waals surface area contributed by atoms with Crippen LogP contribution in [0.25, 0.3) is 11.8 Å². The van der Waals surface area contributed by atoms with Crippen LogP contribution in [0.15, 0.2) is 30.5 Å². The van der Waals surface area contributed by atoms with Crippen molar-refractivity contribution in [1.29, 1.82) is 0 Å². The number of nitrogens with zero attached hydrogens (tertiary/aromatic N) is 5. The second kappa shape index (κ2) is 5.22. The minimum absolute atomic E-state index is 0.760. The van der Waals surface area contributed by atoms with Gasteiger partial charge in [-0.2, -0.15) is 4.68 Å². The van der Waals surface area contributed by atoms with E-state index >= 15 is 0 Å². The molecule has 1 aromatic heterocycles. The Hall–Kier alpha value is -2.17. The number of aryl methyl sites for hydroxylation is 1. The van der Waals surface area contributed by atoms with Crippen molar-refractivity contribution in [1.82, 2.24) is 25.1 Å². The average molecular weight is 255 g/mol. The molecular formula is C14H17N5. The van der Waals surface area contributed by atoms with Gasteiger partial charge in [0, 0.05) is 25.4 Å². The molecule has 0 unspecified atom stereocenters. The van der Waals surface area contributed by atoms with E-state index < -0.39 is 0 Å². The molecule has 1 aliphatic rings. The lowest BCUT2D eigenvalue weighted by molar-refractivity contribution is 0.470. The Morgan fingerprint density at radius 2 is 1.84 bits per heavy atom. The van der Waals surface area contributed by atoms with Crippen LogP contribution in [0.1, 0.15) is 24.2 Å². The molecule has 1 aromatic carbocycles. The number of hydrogen-bond acceptors (Lipinski definition) is 4. The zero-order chi connectivity index (χ0) is 13.1. The van der Waals surface area contributed by atoms with Crippen LogP contribution in [-0.4, -0.2) is 38.2 Å². The molecule has 0 bridgehead atoms. The number of aromatic nitrogens is 4. The molecule has 0 aliphatic carbocycles. The van der Waals surface area contributed by atoms with Crippen molar-refractivity contribution in [2.45, 2.75) is 19.8 Å². The van der Waals surface area contributed by atoms with Gasteiger partial charge in [-0.05, 0) is 42.3 Å². The van der Waals surface area contributed by atoms with Crippen LogP contribution in [0.4, 0.5) is 0 Å². The first-order valence-electron chi connectivity index (χ1n) is 6.60. The average Bonchev–Trinajstić information content (AvgIpc) is 3.08. The number of rotatable bonds is 3. The Kier molecular flexibility index (Phi) is 3.27. The first-order valence-corrected chi connectivity index (χ1v) is 6.60. The van der Waals surface area contributed by atoms with Crippen LogP contribution in [0.2, 0.25) is 0 Å². The highest BCUT2D eigenvalue weighted by molar-refractivity contribution is 5.44. The molecule has 0 radical (unpaired) electrons. The van der Waals surface area contributed by atoms with Gasteiger partial charge in [0.05, 0.1) is 5.69 Å². The highest BCUT2D eigenvalue weighted by Gasteiger charge is 2.08. The highest BCUT2D eigenvalue weighted by Crippen LogP contribution is 2.12. The van der Waals surface area contributed by atoms with Gasteiger partial charge in [0.2, 0.25) is 0 Å². The Labute approximate surface area is 112 Å². The fourth-order valence-electron chi connectivity index (χ4n) is 2.23. The first kappa shape index (κ1) is 11.9. The predicted molar refractivity (Wildman–Crippen MR) is 73.7 cm³/mol. The van der Waals surface area contributed by atoms with E-state index in [2.05, 4.69) is 45.7 Å². The van der Waals surface area contributed by atoms with Crippen LogP contribution in [0, 0.1) is 6.92 Å². The number of tetrazole rings is 1. The SMILES string of the molecule is Cc1ccc(-n2nnnc2C=CN2CCCC2)cc1. The van der Waals surface area contributed by atoms with Gasteiger partial charge < -0.3 is 4.90 Å². The monoisotopic (exact) mass is 255 g/mol. The Bertz CT molecular complexity index is 564. The minimum Gasteiger partial charge on any atom is -0.377 e. The third kappa shape index (κ3) is 2.65. The van der Waals surface area contributed by atoms with Crippen LogP contribution < -0.4 is 0 Å². The molecule has 3 rings (SSSR count). The van der Waals surface area contributed by atoms with Gasteiger partial charge in [0.25, 0.3) is 0 Å². The summed E-state index contributed by atoms with van der Waals surface area (Å²) in [6, 6.07) is 8.17. The van der Waals surface area contributed by atoms with E-state index in [0.29, 0.717) is 0 Å². The lowest BCUT2D eigenvalue weighted by Gasteiger charge is -2.09. The van der Waals surface area contributed by atoms with Gasteiger partial charge in [-0.15, -0.1) is 5.10 Å². The Balaban J connectivity index is 1.83. The number of benzene rings is 1. The van der Waals surface area contributed by atoms with Gasteiger partial charge in [0.1, 0.15) is 0 Å². The van der Waals surface area contributed by atoms with E-state index in [1.165, 1.54) is 18.4 Å². The lowest BCUT2D eigenvalue weighted by Crippen LogP contribution is -2.10. The van der Waals surface area contributed by atoms with E-state index in [0.717, 1.165) is 24.6 Å². The van der Waals surface area contributed by atoms with Crippen molar-refractivity contribution < 1.29 is 0 Å². The molecule has 1 fully saturated rings. The van der Waals surface area contributed by atoms with Gasteiger partial charge in [-0.25, -0.2) is 0 Å². The molecule has 5 heteroatoms. The molecule has 0 atom stereocenters. The van der Waals surface area contributed by atoms with Gasteiger partial charge in [-0.3, -0.25) is 0 Å². The van der Waals surface area contributed by atoms with E-state index in [1.54, 1.807) is 4.68 Å². The van der Waals surface area contributed by atoms with Crippen LogP contribution >= 0.6 is 0 Å². The fraction of sp³-hybridized carbons (Fsp3) is 0.357. The van der Waals surface area contributed by atoms with Crippen molar-refractivity contribution in [2.24, 2.45) is 0 Å². The van der Waals surface area contributed by atoms with Crippen LogP contribution in [-0.2, 0) is 0 Å². The summed E-state index contributed by atoms with van der Waals surface area (Å²) < 4.78 is 1.76. The molecular weight excluding hydrogens is 238 g/mol. The molecule has 5 nitrogen and oxygen atoms in total. The minimum atomic E-state index is 0.760. The van der Waals surface area contributed by atoms with E-state index in [4.69, 9.17) is 0 Å². The zero-order valence-electron chi connectivity index (χ0n) is 11.0. The summed E-state index contributed by atoms with van der Waals surface area (Å²) >= 11 is 0. The van der Waals surface area contributed by atoms with Crippen molar-refractivity contribution in [3.63, 3.8) is 0 Å². The molecule has 0 N–H and O–H groups in total. The lowest BCUT2D eigenvalue weighted by atomic mass is 10.2. The largest absolute Gasteiger partial charge is 0.377 e.